The maximum Gasteiger partial charge on any atom is 0.149 e. The van der Waals surface area contributed by atoms with Crippen molar-refractivity contribution in [3.05, 3.63) is 61.4 Å². The van der Waals surface area contributed by atoms with Crippen molar-refractivity contribution in [1.82, 2.24) is 0 Å². The number of hydrogen-bond donors (Lipinski definition) is 0. The fraction of sp³-hybridized carbons (Fsp3) is 0.111. The van der Waals surface area contributed by atoms with Gasteiger partial charge in [0.05, 0.1) is 50.2 Å². The molecule has 0 fully saturated rings. The summed E-state index contributed by atoms with van der Waals surface area (Å²) in [5.41, 5.74) is 0.371. The standard InChI is InChI=1S/C18H2Cl10I2O/c19-9-7(10(20)14(24)17(27)13(9)23)5(1-3-29)31-6(2-4-30)8-11(21)15(25)18(28)16(26)12(8)22/h5-6H. The molecule has 0 saturated carbocycles. The van der Waals surface area contributed by atoms with E-state index in [1.165, 1.54) is 0 Å². The van der Waals surface area contributed by atoms with E-state index in [0.29, 0.717) is 0 Å². The van der Waals surface area contributed by atoms with Gasteiger partial charge >= 0.3 is 0 Å². The molecule has 0 spiro atoms. The fourth-order valence-electron chi connectivity index (χ4n) is 2.29. The molecule has 2 unspecified atom stereocenters. The smallest absolute Gasteiger partial charge is 0.149 e. The molecule has 0 amide bonds. The summed E-state index contributed by atoms with van der Waals surface area (Å²) in [5.74, 6) is 5.66. The zero-order valence-electron chi connectivity index (χ0n) is 14.1. The van der Waals surface area contributed by atoms with E-state index in [0.717, 1.165) is 0 Å². The second-order valence-corrected chi connectivity index (χ2v) is 10.2. The van der Waals surface area contributed by atoms with Gasteiger partial charge in [-0.05, 0) is 7.85 Å². The highest BCUT2D eigenvalue weighted by atomic mass is 127. The number of hydrogen-bond acceptors (Lipinski definition) is 1. The molecule has 2 atom stereocenters. The highest BCUT2D eigenvalue weighted by Gasteiger charge is 2.31. The maximum absolute atomic E-state index is 6.39. The first-order chi connectivity index (χ1) is 14.5. The van der Waals surface area contributed by atoms with Crippen molar-refractivity contribution in [2.24, 2.45) is 0 Å². The van der Waals surface area contributed by atoms with Crippen molar-refractivity contribution < 1.29 is 4.74 Å². The van der Waals surface area contributed by atoms with Crippen LogP contribution in [-0.2, 0) is 4.74 Å². The van der Waals surface area contributed by atoms with Crippen LogP contribution in [-0.4, -0.2) is 0 Å². The van der Waals surface area contributed by atoms with Crippen LogP contribution < -0.4 is 0 Å². The highest BCUT2D eigenvalue weighted by Crippen LogP contribution is 2.50. The number of benzene rings is 2. The summed E-state index contributed by atoms with van der Waals surface area (Å²) in [6, 6.07) is 0. The molecule has 0 radical (unpaired) electrons. The lowest BCUT2D eigenvalue weighted by Crippen LogP contribution is -2.11. The number of ether oxygens (including phenoxy) is 1. The molecule has 0 bridgehead atoms. The molecule has 31 heavy (non-hydrogen) atoms. The minimum absolute atomic E-state index is 0.00535. The molecule has 0 saturated heterocycles. The van der Waals surface area contributed by atoms with Gasteiger partial charge in [0.15, 0.2) is 0 Å². The van der Waals surface area contributed by atoms with Crippen molar-refractivity contribution in [2.45, 2.75) is 12.2 Å². The molecule has 2 aromatic carbocycles. The molecular formula is C18H2Cl10I2O. The predicted octanol–water partition coefficient (Wildman–Crippen LogP) is 11.8. The number of rotatable bonds is 4. The minimum Gasteiger partial charge on any atom is -0.340 e. The van der Waals surface area contributed by atoms with E-state index in [2.05, 4.69) is 19.7 Å². The second-order valence-electron chi connectivity index (χ2n) is 5.34. The van der Waals surface area contributed by atoms with Gasteiger partial charge in [0, 0.05) is 56.3 Å². The molecule has 0 aliphatic heterocycles. The lowest BCUT2D eigenvalue weighted by molar-refractivity contribution is 0.0518. The second kappa shape index (κ2) is 12.7. The van der Waals surface area contributed by atoms with E-state index in [9.17, 15) is 0 Å². The summed E-state index contributed by atoms with van der Waals surface area (Å²) < 4.78 is 11.5. The zero-order valence-corrected chi connectivity index (χ0v) is 26.0. The van der Waals surface area contributed by atoms with Crippen molar-refractivity contribution in [1.29, 1.82) is 0 Å². The first-order valence-electron chi connectivity index (χ1n) is 7.39. The minimum atomic E-state index is -1.06. The Morgan fingerprint density at radius 1 is 0.452 bits per heavy atom. The fourth-order valence-corrected chi connectivity index (χ4v) is 5.56. The van der Waals surface area contributed by atoms with E-state index in [4.69, 9.17) is 121 Å². The van der Waals surface area contributed by atoms with Gasteiger partial charge in [-0.1, -0.05) is 128 Å². The van der Waals surface area contributed by atoms with Gasteiger partial charge in [0.25, 0.3) is 0 Å². The molecule has 0 aromatic heterocycles. The zero-order chi connectivity index (χ0) is 23.6. The Morgan fingerprint density at radius 2 is 0.677 bits per heavy atom. The SMILES string of the molecule is Clc1c(Cl)c(Cl)c(C(C#CI)OC(C#CI)c2c(Cl)c(Cl)c(Cl)c(Cl)c2Cl)c(Cl)c1Cl. The van der Waals surface area contributed by atoms with Crippen molar-refractivity contribution in [3.8, 4) is 19.7 Å². The lowest BCUT2D eigenvalue weighted by atomic mass is 10.1. The van der Waals surface area contributed by atoms with Gasteiger partial charge in [-0.25, -0.2) is 0 Å². The van der Waals surface area contributed by atoms with Crippen molar-refractivity contribution in [3.63, 3.8) is 0 Å². The third-order valence-electron chi connectivity index (χ3n) is 3.66. The Morgan fingerprint density at radius 3 is 0.903 bits per heavy atom. The first-order valence-corrected chi connectivity index (χ1v) is 13.3. The molecule has 164 valence electrons. The largest absolute Gasteiger partial charge is 0.340 e. The van der Waals surface area contributed by atoms with Crippen molar-refractivity contribution in [2.75, 3.05) is 0 Å². The Kier molecular flexibility index (Phi) is 11.9. The molecular weight excluding hydrogens is 841 g/mol. The Balaban J connectivity index is 2.74. The summed E-state index contributed by atoms with van der Waals surface area (Å²) in [6.45, 7) is 0. The normalized spacial score (nSPS) is 12.5. The molecule has 0 heterocycles. The number of halogens is 12. The maximum atomic E-state index is 6.39. The van der Waals surface area contributed by atoms with Gasteiger partial charge in [0.2, 0.25) is 0 Å². The summed E-state index contributed by atoms with van der Waals surface area (Å²) >= 11 is 66.1. The van der Waals surface area contributed by atoms with Crippen LogP contribution in [0.1, 0.15) is 23.3 Å². The summed E-state index contributed by atoms with van der Waals surface area (Å²) in [6.07, 6.45) is -2.13. The third kappa shape index (κ3) is 6.18. The summed E-state index contributed by atoms with van der Waals surface area (Å²) in [7, 11) is 0. The van der Waals surface area contributed by atoms with Crippen LogP contribution >= 0.6 is 161 Å². The van der Waals surface area contributed by atoms with Gasteiger partial charge in [0.1, 0.15) is 12.2 Å². The topological polar surface area (TPSA) is 9.23 Å². The molecule has 2 aromatic rings. The van der Waals surface area contributed by atoms with E-state index in [1.54, 1.807) is 0 Å². The molecule has 0 N–H and O–H groups in total. The van der Waals surface area contributed by atoms with Crippen LogP contribution in [0.25, 0.3) is 0 Å². The van der Waals surface area contributed by atoms with Crippen LogP contribution in [0.2, 0.25) is 50.2 Å². The molecule has 13 heteroatoms. The van der Waals surface area contributed by atoms with Crippen molar-refractivity contribution >= 4 is 161 Å². The van der Waals surface area contributed by atoms with Gasteiger partial charge in [-0.15, -0.1) is 0 Å². The molecule has 0 aliphatic carbocycles. The third-order valence-corrected chi connectivity index (χ3v) is 8.89. The molecule has 2 rings (SSSR count). The first kappa shape index (κ1) is 29.1. The highest BCUT2D eigenvalue weighted by molar-refractivity contribution is 14.1. The predicted molar refractivity (Wildman–Crippen MR) is 153 cm³/mol. The quantitative estimate of drug-likeness (QED) is 0.129. The van der Waals surface area contributed by atoms with Crippen LogP contribution in [0, 0.1) is 19.7 Å². The van der Waals surface area contributed by atoms with E-state index in [-0.39, 0.29) is 61.4 Å². The van der Waals surface area contributed by atoms with Crippen LogP contribution in [0.5, 0.6) is 0 Å². The van der Waals surface area contributed by atoms with Gasteiger partial charge in [-0.2, -0.15) is 0 Å². The van der Waals surface area contributed by atoms with Gasteiger partial charge in [-0.3, -0.25) is 0 Å². The van der Waals surface area contributed by atoms with E-state index < -0.39 is 12.2 Å². The van der Waals surface area contributed by atoms with E-state index in [1.807, 2.05) is 45.2 Å². The van der Waals surface area contributed by atoms with Crippen LogP contribution in [0.3, 0.4) is 0 Å². The Labute approximate surface area is 255 Å². The lowest BCUT2D eigenvalue weighted by Gasteiger charge is -2.24. The Hall–Kier alpha value is 1.88. The Bertz CT molecular complexity index is 1030. The summed E-state index contributed by atoms with van der Waals surface area (Å²) in [4.78, 5) is 0. The van der Waals surface area contributed by atoms with Crippen LogP contribution in [0.4, 0.5) is 0 Å². The van der Waals surface area contributed by atoms with Crippen LogP contribution in [0.15, 0.2) is 0 Å². The average molecular weight is 843 g/mol. The average Bonchev–Trinajstić information content (AvgIpc) is 2.74. The van der Waals surface area contributed by atoms with E-state index >= 15 is 0 Å². The summed E-state index contributed by atoms with van der Waals surface area (Å²) in [5, 5.41) is -0.0199. The van der Waals surface area contributed by atoms with Gasteiger partial charge < -0.3 is 4.74 Å². The molecule has 0 aliphatic rings. The monoisotopic (exact) mass is 838 g/mol. The molecule has 1 nitrogen and oxygen atoms in total.